The lowest BCUT2D eigenvalue weighted by molar-refractivity contribution is -0.124. The molecule has 1 aromatic carbocycles. The Labute approximate surface area is 223 Å². The molecule has 4 N–H and O–H groups in total. The number of thioether (sulfide) groups is 1. The maximum absolute atomic E-state index is 14.2. The normalized spacial score (nSPS) is 21.0. The number of nitrogens with one attached hydrogen (secondary N) is 2. The zero-order valence-electron chi connectivity index (χ0n) is 19.1. The molecule has 1 unspecified atom stereocenters. The van der Waals surface area contributed by atoms with Gasteiger partial charge in [-0.15, -0.1) is 36.6 Å². The Balaban J connectivity index is 0.00000180. The van der Waals surface area contributed by atoms with E-state index in [9.17, 15) is 18.4 Å². The van der Waals surface area contributed by atoms with Crippen molar-refractivity contribution >= 4 is 70.8 Å². The smallest absolute Gasteiger partial charge is 0.244 e. The first kappa shape index (κ1) is 28.0. The van der Waals surface area contributed by atoms with Crippen LogP contribution in [-0.4, -0.2) is 33.1 Å². The molecule has 5 rings (SSSR count). The summed E-state index contributed by atoms with van der Waals surface area (Å²) >= 11 is 1.44. The third-order valence-electron chi connectivity index (χ3n) is 6.54. The van der Waals surface area contributed by atoms with Gasteiger partial charge in [-0.25, -0.2) is 13.8 Å². The molecule has 192 valence electrons. The molecule has 1 aliphatic carbocycles. The summed E-state index contributed by atoms with van der Waals surface area (Å²) in [4.78, 5) is 34.7. The summed E-state index contributed by atoms with van der Waals surface area (Å²) < 4.78 is 28.0. The lowest BCUT2D eigenvalue weighted by Gasteiger charge is -2.40. The van der Waals surface area contributed by atoms with Gasteiger partial charge < -0.3 is 16.4 Å². The van der Waals surface area contributed by atoms with Crippen LogP contribution in [0.15, 0.2) is 41.4 Å². The quantitative estimate of drug-likeness (QED) is 0.423. The number of amides is 2. The molecule has 0 saturated heterocycles. The van der Waals surface area contributed by atoms with Crippen LogP contribution in [0.2, 0.25) is 0 Å². The van der Waals surface area contributed by atoms with Gasteiger partial charge in [0.05, 0.1) is 21.9 Å². The largest absolute Gasteiger partial charge is 0.324 e. The molecule has 3 heterocycles. The summed E-state index contributed by atoms with van der Waals surface area (Å²) in [6, 6.07) is 7.24. The molecule has 0 radical (unpaired) electrons. The van der Waals surface area contributed by atoms with Gasteiger partial charge in [0.25, 0.3) is 0 Å². The number of anilines is 2. The van der Waals surface area contributed by atoms with Gasteiger partial charge in [0.15, 0.2) is 5.82 Å². The van der Waals surface area contributed by atoms with Gasteiger partial charge in [0.2, 0.25) is 11.8 Å². The average Bonchev–Trinajstić information content (AvgIpc) is 2.81. The van der Waals surface area contributed by atoms with E-state index in [1.54, 1.807) is 0 Å². The van der Waals surface area contributed by atoms with Crippen LogP contribution in [0, 0.1) is 17.6 Å². The van der Waals surface area contributed by atoms with Gasteiger partial charge in [0.1, 0.15) is 17.2 Å². The highest BCUT2D eigenvalue weighted by molar-refractivity contribution is 8.00. The Morgan fingerprint density at radius 1 is 1.22 bits per heavy atom. The van der Waals surface area contributed by atoms with Crippen LogP contribution < -0.4 is 16.4 Å². The average molecular weight is 556 g/mol. The Morgan fingerprint density at radius 2 is 2.03 bits per heavy atom. The highest BCUT2D eigenvalue weighted by Crippen LogP contribution is 2.37. The zero-order valence-corrected chi connectivity index (χ0v) is 21.5. The summed E-state index contributed by atoms with van der Waals surface area (Å²) in [6.45, 7) is 0. The molecule has 3 aromatic rings. The highest BCUT2D eigenvalue weighted by atomic mass is 35.5. The van der Waals surface area contributed by atoms with Gasteiger partial charge in [-0.05, 0) is 49.4 Å². The first-order valence-electron chi connectivity index (χ1n) is 11.1. The molecule has 2 aliphatic rings. The van der Waals surface area contributed by atoms with Gasteiger partial charge in [-0.2, -0.15) is 0 Å². The number of fused-ring (bicyclic) bond motifs is 2. The summed E-state index contributed by atoms with van der Waals surface area (Å²) in [7, 11) is 0. The van der Waals surface area contributed by atoms with Crippen molar-refractivity contribution in [3.63, 3.8) is 0 Å². The molecule has 1 fully saturated rings. The van der Waals surface area contributed by atoms with E-state index in [-0.39, 0.29) is 53.2 Å². The highest BCUT2D eigenvalue weighted by Gasteiger charge is 2.44. The van der Waals surface area contributed by atoms with Gasteiger partial charge in [0, 0.05) is 23.3 Å². The van der Waals surface area contributed by atoms with Gasteiger partial charge in [-0.1, -0.05) is 12.8 Å². The molecule has 1 saturated carbocycles. The third-order valence-corrected chi connectivity index (χ3v) is 7.59. The molecule has 0 bridgehead atoms. The number of carbonyl (C=O) groups is 2. The molecular weight excluding hydrogens is 531 g/mol. The van der Waals surface area contributed by atoms with Crippen LogP contribution >= 0.6 is 36.6 Å². The molecule has 1 aliphatic heterocycles. The minimum atomic E-state index is -1.19. The third kappa shape index (κ3) is 5.41. The van der Waals surface area contributed by atoms with Crippen molar-refractivity contribution in [3.05, 3.63) is 53.9 Å². The topological polar surface area (TPSA) is 110 Å². The number of nitrogens with zero attached hydrogens (tertiary/aromatic N) is 2. The van der Waals surface area contributed by atoms with Crippen molar-refractivity contribution in [1.82, 2.24) is 9.97 Å². The van der Waals surface area contributed by atoms with Crippen molar-refractivity contribution in [3.8, 4) is 0 Å². The number of rotatable bonds is 4. The van der Waals surface area contributed by atoms with Crippen LogP contribution in [0.3, 0.4) is 0 Å². The minimum absolute atomic E-state index is 0. The van der Waals surface area contributed by atoms with Crippen LogP contribution in [0.25, 0.3) is 10.9 Å². The SMILES string of the molecule is Cl.Cl.N[C@]1(C(=O)Nc2ccnc3c(F)cc(F)cc23)CCCCC1Cc1ccc2c(n1)NC(=O)CS2. The Bertz CT molecular complexity index is 1310. The van der Waals surface area contributed by atoms with Crippen molar-refractivity contribution in [2.24, 2.45) is 11.7 Å². The minimum Gasteiger partial charge on any atom is -0.324 e. The molecule has 2 aromatic heterocycles. The second-order valence-electron chi connectivity index (χ2n) is 8.77. The summed E-state index contributed by atoms with van der Waals surface area (Å²) in [5, 5.41) is 5.77. The Kier molecular flexibility index (Phi) is 8.76. The fourth-order valence-electron chi connectivity index (χ4n) is 4.75. The van der Waals surface area contributed by atoms with E-state index in [0.717, 1.165) is 42.0 Å². The van der Waals surface area contributed by atoms with Gasteiger partial charge >= 0.3 is 0 Å². The van der Waals surface area contributed by atoms with Crippen LogP contribution in [0.1, 0.15) is 31.4 Å². The van der Waals surface area contributed by atoms with E-state index in [1.165, 1.54) is 24.0 Å². The number of hydrogen-bond donors (Lipinski definition) is 3. The maximum atomic E-state index is 14.2. The van der Waals surface area contributed by atoms with E-state index in [2.05, 4.69) is 20.6 Å². The van der Waals surface area contributed by atoms with Crippen LogP contribution in [-0.2, 0) is 16.0 Å². The summed E-state index contributed by atoms with van der Waals surface area (Å²) in [5.41, 5.74) is 6.52. The molecular formula is C24H25Cl2F2N5O2S. The van der Waals surface area contributed by atoms with Gasteiger partial charge in [-0.3, -0.25) is 14.6 Å². The van der Waals surface area contributed by atoms with E-state index in [4.69, 9.17) is 5.73 Å². The van der Waals surface area contributed by atoms with E-state index < -0.39 is 23.1 Å². The zero-order chi connectivity index (χ0) is 23.9. The number of hydrogen-bond acceptors (Lipinski definition) is 6. The van der Waals surface area contributed by atoms with E-state index in [0.29, 0.717) is 24.4 Å². The second-order valence-corrected chi connectivity index (χ2v) is 9.79. The predicted molar refractivity (Wildman–Crippen MR) is 141 cm³/mol. The monoisotopic (exact) mass is 555 g/mol. The van der Waals surface area contributed by atoms with Crippen LogP contribution in [0.4, 0.5) is 20.3 Å². The number of halogens is 4. The summed E-state index contributed by atoms with van der Waals surface area (Å²) in [6.07, 6.45) is 4.78. The van der Waals surface area contributed by atoms with Crippen molar-refractivity contribution in [2.75, 3.05) is 16.4 Å². The second kappa shape index (κ2) is 11.2. The Hall–Kier alpha value is -2.53. The van der Waals surface area contributed by atoms with E-state index in [1.807, 2.05) is 12.1 Å². The van der Waals surface area contributed by atoms with Crippen molar-refractivity contribution < 1.29 is 18.4 Å². The number of pyridine rings is 2. The molecule has 12 heteroatoms. The molecule has 36 heavy (non-hydrogen) atoms. The molecule has 2 amide bonds. The Morgan fingerprint density at radius 3 is 2.83 bits per heavy atom. The predicted octanol–water partition coefficient (Wildman–Crippen LogP) is 4.86. The molecule has 2 atom stereocenters. The number of aromatic nitrogens is 2. The first-order chi connectivity index (χ1) is 16.3. The molecule has 0 spiro atoms. The fraction of sp³-hybridized carbons (Fsp3) is 0.333. The maximum Gasteiger partial charge on any atom is 0.244 e. The first-order valence-corrected chi connectivity index (χ1v) is 12.1. The molecule has 7 nitrogen and oxygen atoms in total. The summed E-state index contributed by atoms with van der Waals surface area (Å²) in [5.74, 6) is -1.35. The van der Waals surface area contributed by atoms with Crippen molar-refractivity contribution in [2.45, 2.75) is 42.5 Å². The lowest BCUT2D eigenvalue weighted by Crippen LogP contribution is -2.58. The standard InChI is InChI=1S/C24H23F2N5O2S.2ClH/c25-14-10-16-18(6-8-28-21(16)17(26)11-14)30-23(33)24(27)7-2-1-3-13(24)9-15-4-5-19-22(29-15)31-20(32)12-34-19;;/h4-6,8,10-11,13H,1-3,7,9,12,27H2,(H,28,30,33)(H,29,31,32);2*1H/t13?,24-;;/m1../s1. The lowest BCUT2D eigenvalue weighted by atomic mass is 9.70. The van der Waals surface area contributed by atoms with Crippen molar-refractivity contribution in [1.29, 1.82) is 0 Å². The number of nitrogens with two attached hydrogens (primary N) is 1. The number of benzene rings is 1. The van der Waals surface area contributed by atoms with Crippen LogP contribution in [0.5, 0.6) is 0 Å². The fourth-order valence-corrected chi connectivity index (χ4v) is 5.51. The van der Waals surface area contributed by atoms with E-state index >= 15 is 0 Å². The number of carbonyl (C=O) groups excluding carboxylic acids is 2.